The summed E-state index contributed by atoms with van der Waals surface area (Å²) in [6, 6.07) is 0. The van der Waals surface area contributed by atoms with Crippen LogP contribution >= 0.6 is 0 Å². The second-order valence-corrected chi connectivity index (χ2v) is 7.52. The van der Waals surface area contributed by atoms with E-state index in [2.05, 4.69) is 26.0 Å². The van der Waals surface area contributed by atoms with E-state index in [-0.39, 0.29) is 5.92 Å². The Labute approximate surface area is 144 Å². The largest absolute Gasteiger partial charge is 0.368 e. The van der Waals surface area contributed by atoms with Crippen LogP contribution in [0.25, 0.3) is 0 Å². The summed E-state index contributed by atoms with van der Waals surface area (Å²) in [6.07, 6.45) is 19.8. The molecule has 2 N–H and O–H groups in total. The Bertz CT molecular complexity index is 298. The van der Waals surface area contributed by atoms with Crippen molar-refractivity contribution in [2.24, 2.45) is 17.8 Å². The van der Waals surface area contributed by atoms with Gasteiger partial charge in [-0.2, -0.15) is 0 Å². The number of rotatable bonds is 13. The van der Waals surface area contributed by atoms with Crippen LogP contribution in [-0.4, -0.2) is 16.5 Å². The predicted octanol–water partition coefficient (Wildman–Crippen LogP) is 5.83. The number of aliphatic hydroxyl groups is 2. The summed E-state index contributed by atoms with van der Waals surface area (Å²) in [5, 5.41) is 19.2. The van der Waals surface area contributed by atoms with Gasteiger partial charge >= 0.3 is 0 Å². The fourth-order valence-electron chi connectivity index (χ4n) is 3.95. The van der Waals surface area contributed by atoms with E-state index in [4.69, 9.17) is 0 Å². The van der Waals surface area contributed by atoms with E-state index < -0.39 is 6.29 Å². The van der Waals surface area contributed by atoms with Crippen molar-refractivity contribution in [2.45, 2.75) is 104 Å². The molecule has 23 heavy (non-hydrogen) atoms. The molecule has 0 saturated heterocycles. The average molecular weight is 325 g/mol. The molecular weight excluding hydrogens is 284 g/mol. The second kappa shape index (κ2) is 13.0. The van der Waals surface area contributed by atoms with Crippen molar-refractivity contribution in [2.75, 3.05) is 0 Å². The molecule has 1 unspecified atom stereocenters. The van der Waals surface area contributed by atoms with Gasteiger partial charge in [0.15, 0.2) is 6.29 Å². The molecule has 1 aliphatic carbocycles. The van der Waals surface area contributed by atoms with Crippen LogP contribution in [0, 0.1) is 17.8 Å². The van der Waals surface area contributed by atoms with Crippen molar-refractivity contribution in [3.8, 4) is 0 Å². The topological polar surface area (TPSA) is 40.5 Å². The molecule has 0 bridgehead atoms. The normalized spacial score (nSPS) is 23.2. The predicted molar refractivity (Wildman–Crippen MR) is 99.2 cm³/mol. The number of allylic oxidation sites excluding steroid dienone is 1. The highest BCUT2D eigenvalue weighted by atomic mass is 16.5. The molecule has 1 saturated carbocycles. The van der Waals surface area contributed by atoms with Gasteiger partial charge in [0.05, 0.1) is 0 Å². The summed E-state index contributed by atoms with van der Waals surface area (Å²) in [5.41, 5.74) is 0. The summed E-state index contributed by atoms with van der Waals surface area (Å²) in [6.45, 7) is 4.45. The van der Waals surface area contributed by atoms with Crippen LogP contribution in [-0.2, 0) is 0 Å². The van der Waals surface area contributed by atoms with Gasteiger partial charge in [-0.25, -0.2) is 0 Å². The molecule has 1 aliphatic rings. The minimum atomic E-state index is -1.20. The standard InChI is InChI=1S/C21H40O2/c1-3-5-7-8-10-12-18-14-11-15-19(18)16-17-20(21(22)23)13-9-6-4-2/h16-23H,3-15H2,1-2H3/t18-,19+,20?/m0/s1. The highest BCUT2D eigenvalue weighted by Gasteiger charge is 2.25. The number of unbranched alkanes of at least 4 members (excludes halogenated alkanes) is 6. The first kappa shape index (κ1) is 20.7. The van der Waals surface area contributed by atoms with Crippen molar-refractivity contribution >= 4 is 0 Å². The molecule has 2 nitrogen and oxygen atoms in total. The van der Waals surface area contributed by atoms with Crippen LogP contribution in [0.1, 0.15) is 97.3 Å². The minimum absolute atomic E-state index is 0.0765. The molecule has 0 radical (unpaired) electrons. The first-order valence-corrected chi connectivity index (χ1v) is 10.2. The molecule has 136 valence electrons. The summed E-state index contributed by atoms with van der Waals surface area (Å²) in [4.78, 5) is 0. The lowest BCUT2D eigenvalue weighted by molar-refractivity contribution is -0.0723. The van der Waals surface area contributed by atoms with Gasteiger partial charge in [-0.1, -0.05) is 83.8 Å². The van der Waals surface area contributed by atoms with Crippen LogP contribution in [0.5, 0.6) is 0 Å². The van der Waals surface area contributed by atoms with Crippen molar-refractivity contribution in [3.63, 3.8) is 0 Å². The third kappa shape index (κ3) is 8.91. The molecule has 1 fully saturated rings. The Morgan fingerprint density at radius 2 is 1.61 bits per heavy atom. The second-order valence-electron chi connectivity index (χ2n) is 7.52. The van der Waals surface area contributed by atoms with Crippen LogP contribution in [0.2, 0.25) is 0 Å². The molecule has 0 aliphatic heterocycles. The lowest BCUT2D eigenvalue weighted by atomic mass is 9.88. The molecule has 0 heterocycles. The van der Waals surface area contributed by atoms with Gasteiger partial charge in [0.2, 0.25) is 0 Å². The molecule has 0 aromatic heterocycles. The Morgan fingerprint density at radius 1 is 0.913 bits per heavy atom. The molecule has 0 aromatic rings. The highest BCUT2D eigenvalue weighted by molar-refractivity contribution is 4.98. The Morgan fingerprint density at radius 3 is 2.30 bits per heavy atom. The molecular formula is C21H40O2. The molecule has 2 heteroatoms. The third-order valence-corrected chi connectivity index (χ3v) is 5.53. The van der Waals surface area contributed by atoms with Gasteiger partial charge in [-0.05, 0) is 37.5 Å². The van der Waals surface area contributed by atoms with E-state index in [0.29, 0.717) is 5.92 Å². The summed E-state index contributed by atoms with van der Waals surface area (Å²) >= 11 is 0. The number of hydrogen-bond donors (Lipinski definition) is 2. The lowest BCUT2D eigenvalue weighted by Gasteiger charge is -2.19. The van der Waals surface area contributed by atoms with Gasteiger partial charge in [-0.3, -0.25) is 0 Å². The number of aliphatic hydroxyl groups excluding tert-OH is 1. The monoisotopic (exact) mass is 324 g/mol. The maximum atomic E-state index is 9.58. The fourth-order valence-corrected chi connectivity index (χ4v) is 3.95. The zero-order chi connectivity index (χ0) is 16.9. The van der Waals surface area contributed by atoms with Crippen molar-refractivity contribution in [1.82, 2.24) is 0 Å². The summed E-state index contributed by atoms with van der Waals surface area (Å²) in [7, 11) is 0. The van der Waals surface area contributed by atoms with Crippen molar-refractivity contribution in [1.29, 1.82) is 0 Å². The number of hydrogen-bond acceptors (Lipinski definition) is 2. The zero-order valence-electron chi connectivity index (χ0n) is 15.6. The summed E-state index contributed by atoms with van der Waals surface area (Å²) in [5.74, 6) is 1.43. The Kier molecular flexibility index (Phi) is 11.7. The Balaban J connectivity index is 2.35. The van der Waals surface area contributed by atoms with E-state index in [1.165, 1.54) is 70.6 Å². The minimum Gasteiger partial charge on any atom is -0.368 e. The molecule has 0 aromatic carbocycles. The van der Waals surface area contributed by atoms with Crippen LogP contribution in [0.3, 0.4) is 0 Å². The quantitative estimate of drug-likeness (QED) is 0.254. The maximum Gasteiger partial charge on any atom is 0.157 e. The first-order chi connectivity index (χ1) is 11.2. The van der Waals surface area contributed by atoms with Gasteiger partial charge in [-0.15, -0.1) is 0 Å². The molecule has 0 spiro atoms. The third-order valence-electron chi connectivity index (χ3n) is 5.53. The smallest absolute Gasteiger partial charge is 0.157 e. The van der Waals surface area contributed by atoms with Crippen LogP contribution < -0.4 is 0 Å². The van der Waals surface area contributed by atoms with Gasteiger partial charge in [0.25, 0.3) is 0 Å². The summed E-state index contributed by atoms with van der Waals surface area (Å²) < 4.78 is 0. The van der Waals surface area contributed by atoms with Crippen LogP contribution in [0.4, 0.5) is 0 Å². The van der Waals surface area contributed by atoms with Gasteiger partial charge in [0, 0.05) is 5.92 Å². The van der Waals surface area contributed by atoms with E-state index in [1.54, 1.807) is 0 Å². The van der Waals surface area contributed by atoms with E-state index in [9.17, 15) is 10.2 Å². The first-order valence-electron chi connectivity index (χ1n) is 10.2. The van der Waals surface area contributed by atoms with E-state index >= 15 is 0 Å². The fraction of sp³-hybridized carbons (Fsp3) is 0.905. The maximum absolute atomic E-state index is 9.58. The van der Waals surface area contributed by atoms with Gasteiger partial charge in [0.1, 0.15) is 0 Å². The lowest BCUT2D eigenvalue weighted by Crippen LogP contribution is -2.18. The van der Waals surface area contributed by atoms with Crippen molar-refractivity contribution in [3.05, 3.63) is 12.2 Å². The van der Waals surface area contributed by atoms with Crippen LogP contribution in [0.15, 0.2) is 12.2 Å². The van der Waals surface area contributed by atoms with E-state index in [1.807, 2.05) is 0 Å². The average Bonchev–Trinajstić information content (AvgIpc) is 2.97. The van der Waals surface area contributed by atoms with Crippen molar-refractivity contribution < 1.29 is 10.2 Å². The zero-order valence-corrected chi connectivity index (χ0v) is 15.6. The molecule has 0 amide bonds. The SMILES string of the molecule is CCCCCCC[C@H]1CCC[C@@H]1C=CC(CCCCC)C(O)O. The molecule has 1 rings (SSSR count). The molecule has 3 atom stereocenters. The Hall–Kier alpha value is -0.340. The van der Waals surface area contributed by atoms with E-state index in [0.717, 1.165) is 18.8 Å². The highest BCUT2D eigenvalue weighted by Crippen LogP contribution is 2.36. The van der Waals surface area contributed by atoms with Gasteiger partial charge < -0.3 is 10.2 Å².